The summed E-state index contributed by atoms with van der Waals surface area (Å²) in [4.78, 5) is 11.4. The molecule has 1 atom stereocenters. The zero-order valence-electron chi connectivity index (χ0n) is 7.82. The Kier molecular flexibility index (Phi) is 4.54. The van der Waals surface area contributed by atoms with Crippen LogP contribution in [0.3, 0.4) is 0 Å². The Morgan fingerprint density at radius 1 is 1.69 bits per heavy atom. The van der Waals surface area contributed by atoms with Gasteiger partial charge in [0, 0.05) is 11.4 Å². The van der Waals surface area contributed by atoms with Gasteiger partial charge in [0.2, 0.25) is 6.41 Å². The summed E-state index contributed by atoms with van der Waals surface area (Å²) in [6.07, 6.45) is 2.95. The molecule has 3 heteroatoms. The highest BCUT2D eigenvalue weighted by molar-refractivity contribution is 7.10. The maximum atomic E-state index is 9.97. The zero-order valence-corrected chi connectivity index (χ0v) is 8.64. The third-order valence-corrected chi connectivity index (χ3v) is 3.17. The Balaban J connectivity index is 2.18. The Hall–Kier alpha value is -0.830. The summed E-state index contributed by atoms with van der Waals surface area (Å²) in [5.41, 5.74) is 0. The van der Waals surface area contributed by atoms with Crippen molar-refractivity contribution in [2.45, 2.75) is 25.7 Å². The minimum Gasteiger partial charge on any atom is -0.359 e. The lowest BCUT2D eigenvalue weighted by atomic mass is 10.0. The van der Waals surface area contributed by atoms with E-state index in [1.165, 1.54) is 4.88 Å². The molecular formula is C10H15NOS. The highest BCUT2D eigenvalue weighted by atomic mass is 32.1. The van der Waals surface area contributed by atoms with Crippen molar-refractivity contribution in [1.82, 2.24) is 5.32 Å². The molecule has 0 aliphatic carbocycles. The molecule has 2 nitrogen and oxygen atoms in total. The van der Waals surface area contributed by atoms with Gasteiger partial charge in [-0.3, -0.25) is 4.79 Å². The van der Waals surface area contributed by atoms with Crippen molar-refractivity contribution in [3.8, 4) is 0 Å². The van der Waals surface area contributed by atoms with Crippen LogP contribution in [0.25, 0.3) is 0 Å². The van der Waals surface area contributed by atoms with Gasteiger partial charge in [-0.15, -0.1) is 11.3 Å². The molecule has 1 aromatic rings. The zero-order chi connectivity index (χ0) is 9.52. The molecule has 1 aromatic heterocycles. The van der Waals surface area contributed by atoms with E-state index in [0.29, 0.717) is 5.92 Å². The van der Waals surface area contributed by atoms with Crippen LogP contribution in [0.4, 0.5) is 0 Å². The Bertz CT molecular complexity index is 233. The quantitative estimate of drug-likeness (QED) is 0.550. The Labute approximate surface area is 83.0 Å². The Morgan fingerprint density at radius 2 is 2.54 bits per heavy atom. The molecule has 0 bridgehead atoms. The van der Waals surface area contributed by atoms with Crippen LogP contribution in [0.15, 0.2) is 17.5 Å². The number of amides is 1. The number of carbonyl (C=O) groups excluding carboxylic acids is 1. The van der Waals surface area contributed by atoms with Gasteiger partial charge in [-0.1, -0.05) is 13.0 Å². The molecule has 0 aliphatic heterocycles. The first-order valence-corrected chi connectivity index (χ1v) is 5.43. The minimum absolute atomic E-state index is 0.619. The summed E-state index contributed by atoms with van der Waals surface area (Å²) in [5, 5.41) is 4.78. The lowest BCUT2D eigenvalue weighted by molar-refractivity contribution is -0.109. The molecule has 1 amide bonds. The van der Waals surface area contributed by atoms with E-state index in [2.05, 4.69) is 29.8 Å². The average molecular weight is 197 g/mol. The molecule has 72 valence electrons. The van der Waals surface area contributed by atoms with Crippen LogP contribution in [-0.4, -0.2) is 13.0 Å². The summed E-state index contributed by atoms with van der Waals surface area (Å²) in [7, 11) is 0. The molecular weight excluding hydrogens is 182 g/mol. The third-order valence-electron chi connectivity index (χ3n) is 2.07. The summed E-state index contributed by atoms with van der Waals surface area (Å²) in [5.74, 6) is 0.619. The highest BCUT2D eigenvalue weighted by Gasteiger charge is 2.04. The fourth-order valence-corrected chi connectivity index (χ4v) is 2.10. The fraction of sp³-hybridized carbons (Fsp3) is 0.500. The van der Waals surface area contributed by atoms with Crippen molar-refractivity contribution in [3.05, 3.63) is 22.4 Å². The van der Waals surface area contributed by atoms with Crippen molar-refractivity contribution >= 4 is 17.7 Å². The third kappa shape index (κ3) is 3.59. The van der Waals surface area contributed by atoms with Crippen LogP contribution in [0, 0.1) is 0 Å². The number of rotatable bonds is 6. The predicted molar refractivity (Wildman–Crippen MR) is 56.0 cm³/mol. The van der Waals surface area contributed by atoms with Crippen LogP contribution in [-0.2, 0) is 4.79 Å². The van der Waals surface area contributed by atoms with E-state index in [9.17, 15) is 4.79 Å². The van der Waals surface area contributed by atoms with Crippen LogP contribution >= 0.6 is 11.3 Å². The van der Waals surface area contributed by atoms with E-state index in [0.717, 1.165) is 25.8 Å². The lowest BCUT2D eigenvalue weighted by Crippen LogP contribution is -2.12. The van der Waals surface area contributed by atoms with Gasteiger partial charge in [0.1, 0.15) is 0 Å². The number of nitrogens with one attached hydrogen (secondary N) is 1. The van der Waals surface area contributed by atoms with Gasteiger partial charge in [0.25, 0.3) is 0 Å². The molecule has 1 N–H and O–H groups in total. The summed E-state index contributed by atoms with van der Waals surface area (Å²) < 4.78 is 0. The molecule has 1 rings (SSSR count). The van der Waals surface area contributed by atoms with Crippen LogP contribution in [0.5, 0.6) is 0 Å². The topological polar surface area (TPSA) is 29.1 Å². The van der Waals surface area contributed by atoms with Crippen LogP contribution in [0.1, 0.15) is 30.6 Å². The minimum atomic E-state index is 0.619. The number of hydrogen-bond donors (Lipinski definition) is 1. The molecule has 0 radical (unpaired) electrons. The second-order valence-electron chi connectivity index (χ2n) is 3.13. The number of thiophene rings is 1. The van der Waals surface area contributed by atoms with Crippen molar-refractivity contribution in [3.63, 3.8) is 0 Å². The second kappa shape index (κ2) is 5.75. The molecule has 1 heterocycles. The molecule has 0 saturated carbocycles. The fourth-order valence-electron chi connectivity index (χ4n) is 1.28. The van der Waals surface area contributed by atoms with Gasteiger partial charge in [0.05, 0.1) is 0 Å². The monoisotopic (exact) mass is 197 g/mol. The van der Waals surface area contributed by atoms with E-state index in [-0.39, 0.29) is 0 Å². The molecule has 0 saturated heterocycles. The van der Waals surface area contributed by atoms with E-state index < -0.39 is 0 Å². The van der Waals surface area contributed by atoms with Gasteiger partial charge in [-0.05, 0) is 30.2 Å². The van der Waals surface area contributed by atoms with E-state index in [1.54, 1.807) is 11.3 Å². The largest absolute Gasteiger partial charge is 0.359 e. The SMILES string of the molecule is CC(CCCNC=O)c1cccs1. The first-order chi connectivity index (χ1) is 6.34. The summed E-state index contributed by atoms with van der Waals surface area (Å²) in [6.45, 7) is 3.02. The van der Waals surface area contributed by atoms with E-state index >= 15 is 0 Å². The van der Waals surface area contributed by atoms with Gasteiger partial charge >= 0.3 is 0 Å². The van der Waals surface area contributed by atoms with Crippen molar-refractivity contribution in [2.75, 3.05) is 6.54 Å². The Morgan fingerprint density at radius 3 is 3.15 bits per heavy atom. The smallest absolute Gasteiger partial charge is 0.207 e. The normalized spacial score (nSPS) is 12.4. The first-order valence-electron chi connectivity index (χ1n) is 4.55. The van der Waals surface area contributed by atoms with Crippen molar-refractivity contribution < 1.29 is 4.79 Å². The van der Waals surface area contributed by atoms with E-state index in [4.69, 9.17) is 0 Å². The molecule has 0 aromatic carbocycles. The van der Waals surface area contributed by atoms with Crippen molar-refractivity contribution in [2.24, 2.45) is 0 Å². The van der Waals surface area contributed by atoms with Crippen molar-refractivity contribution in [1.29, 1.82) is 0 Å². The summed E-state index contributed by atoms with van der Waals surface area (Å²) >= 11 is 1.80. The first kappa shape index (κ1) is 10.3. The number of carbonyl (C=O) groups is 1. The van der Waals surface area contributed by atoms with Gasteiger partial charge < -0.3 is 5.32 Å². The second-order valence-corrected chi connectivity index (χ2v) is 4.11. The maximum Gasteiger partial charge on any atom is 0.207 e. The van der Waals surface area contributed by atoms with Gasteiger partial charge in [-0.2, -0.15) is 0 Å². The molecule has 1 unspecified atom stereocenters. The molecule has 0 aliphatic rings. The van der Waals surface area contributed by atoms with Crippen LogP contribution < -0.4 is 5.32 Å². The molecule has 0 spiro atoms. The predicted octanol–water partition coefficient (Wildman–Crippen LogP) is 2.38. The average Bonchev–Trinajstić information content (AvgIpc) is 2.65. The standard InChI is InChI=1S/C10H15NOS/c1-9(4-2-6-11-8-12)10-5-3-7-13-10/h3,5,7-9H,2,4,6H2,1H3,(H,11,12). The molecule has 0 fully saturated rings. The number of hydrogen-bond acceptors (Lipinski definition) is 2. The lowest BCUT2D eigenvalue weighted by Gasteiger charge is -2.07. The van der Waals surface area contributed by atoms with Gasteiger partial charge in [-0.25, -0.2) is 0 Å². The molecule has 13 heavy (non-hydrogen) atoms. The van der Waals surface area contributed by atoms with Gasteiger partial charge in [0.15, 0.2) is 0 Å². The van der Waals surface area contributed by atoms with E-state index in [1.807, 2.05) is 0 Å². The maximum absolute atomic E-state index is 9.97. The highest BCUT2D eigenvalue weighted by Crippen LogP contribution is 2.24. The summed E-state index contributed by atoms with van der Waals surface area (Å²) in [6, 6.07) is 4.25. The van der Waals surface area contributed by atoms with Crippen LogP contribution in [0.2, 0.25) is 0 Å².